The summed E-state index contributed by atoms with van der Waals surface area (Å²) in [4.78, 5) is 37.8. The van der Waals surface area contributed by atoms with Gasteiger partial charge in [0, 0.05) is 12.3 Å². The summed E-state index contributed by atoms with van der Waals surface area (Å²) in [6, 6.07) is 9.09. The lowest BCUT2D eigenvalue weighted by atomic mass is 9.69. The summed E-state index contributed by atoms with van der Waals surface area (Å²) < 4.78 is 15.7. The number of benzene rings is 1. The van der Waals surface area contributed by atoms with Crippen LogP contribution in [0.2, 0.25) is 0 Å². The Kier molecular flexibility index (Phi) is 6.37. The molecule has 0 bridgehead atoms. The van der Waals surface area contributed by atoms with Crippen molar-refractivity contribution in [1.82, 2.24) is 5.32 Å². The number of hydrogen-bond donors (Lipinski definition) is 1. The van der Waals surface area contributed by atoms with Crippen LogP contribution in [-0.2, 0) is 35.0 Å². The van der Waals surface area contributed by atoms with E-state index in [1.165, 1.54) is 14.2 Å². The zero-order valence-corrected chi connectivity index (χ0v) is 15.5. The second-order valence-electron chi connectivity index (χ2n) is 6.60. The van der Waals surface area contributed by atoms with Crippen LogP contribution in [0, 0.1) is 11.3 Å². The monoisotopic (exact) mass is 363 g/mol. The molecule has 7 nitrogen and oxygen atoms in total. The van der Waals surface area contributed by atoms with Crippen molar-refractivity contribution in [2.75, 3.05) is 14.2 Å². The lowest BCUT2D eigenvalue weighted by Gasteiger charge is -2.36. The van der Waals surface area contributed by atoms with Gasteiger partial charge in [-0.3, -0.25) is 14.4 Å². The Morgan fingerprint density at radius 2 is 1.73 bits per heavy atom. The van der Waals surface area contributed by atoms with E-state index < -0.39 is 29.5 Å². The first kappa shape index (κ1) is 19.9. The molecule has 1 fully saturated rings. The second kappa shape index (κ2) is 8.31. The van der Waals surface area contributed by atoms with Crippen molar-refractivity contribution in [3.05, 3.63) is 35.9 Å². The Morgan fingerprint density at radius 1 is 1.15 bits per heavy atom. The van der Waals surface area contributed by atoms with Gasteiger partial charge in [-0.15, -0.1) is 0 Å². The molecule has 1 aliphatic rings. The minimum atomic E-state index is -1.69. The Bertz CT molecular complexity index is 641. The third-order valence-corrected chi connectivity index (χ3v) is 4.55. The van der Waals surface area contributed by atoms with Crippen molar-refractivity contribution in [3.63, 3.8) is 0 Å². The van der Waals surface area contributed by atoms with Crippen LogP contribution in [0.3, 0.4) is 0 Å². The average Bonchev–Trinajstić information content (AvgIpc) is 2.98. The van der Waals surface area contributed by atoms with Crippen LogP contribution < -0.4 is 5.32 Å². The van der Waals surface area contributed by atoms with Crippen LogP contribution in [0.15, 0.2) is 30.3 Å². The summed E-state index contributed by atoms with van der Waals surface area (Å²) >= 11 is 0. The van der Waals surface area contributed by atoms with Crippen LogP contribution in [0.4, 0.5) is 0 Å². The standard InChI is InChI=1S/C19H25NO6/c1-12(2)26-16-14(10-15(21)20-16)19(17(22)24-3,18(23)25-4)11-13-8-6-5-7-9-13/h5-9,12,14,16H,10-11H2,1-4H3,(H,20,21)/t14-,16+/m0/s1. The van der Waals surface area contributed by atoms with E-state index in [9.17, 15) is 14.4 Å². The van der Waals surface area contributed by atoms with Gasteiger partial charge in [-0.25, -0.2) is 0 Å². The number of hydrogen-bond acceptors (Lipinski definition) is 6. The minimum absolute atomic E-state index is 0.0333. The van der Waals surface area contributed by atoms with Gasteiger partial charge in [-0.2, -0.15) is 0 Å². The highest BCUT2D eigenvalue weighted by molar-refractivity contribution is 6.02. The highest BCUT2D eigenvalue weighted by Crippen LogP contribution is 2.42. The van der Waals surface area contributed by atoms with Crippen LogP contribution in [0.1, 0.15) is 25.8 Å². The molecule has 0 aliphatic carbocycles. The fourth-order valence-corrected chi connectivity index (χ4v) is 3.42. The zero-order chi connectivity index (χ0) is 19.3. The van der Waals surface area contributed by atoms with Gasteiger partial charge in [0.1, 0.15) is 6.23 Å². The van der Waals surface area contributed by atoms with Crippen molar-refractivity contribution >= 4 is 17.8 Å². The van der Waals surface area contributed by atoms with E-state index in [-0.39, 0.29) is 24.9 Å². The van der Waals surface area contributed by atoms with Gasteiger partial charge in [-0.05, 0) is 25.8 Å². The summed E-state index contributed by atoms with van der Waals surface area (Å²) in [6.07, 6.45) is -0.978. The number of rotatable bonds is 7. The lowest BCUT2D eigenvalue weighted by Crippen LogP contribution is -2.53. The molecule has 1 aliphatic heterocycles. The molecule has 26 heavy (non-hydrogen) atoms. The molecule has 0 spiro atoms. The summed E-state index contributed by atoms with van der Waals surface area (Å²) in [5.74, 6) is -2.53. The van der Waals surface area contributed by atoms with Gasteiger partial charge >= 0.3 is 11.9 Å². The quantitative estimate of drug-likeness (QED) is 0.582. The smallest absolute Gasteiger partial charge is 0.324 e. The van der Waals surface area contributed by atoms with Gasteiger partial charge in [0.25, 0.3) is 0 Å². The van der Waals surface area contributed by atoms with E-state index in [0.29, 0.717) is 0 Å². The first-order valence-electron chi connectivity index (χ1n) is 8.50. The number of carbonyl (C=O) groups excluding carboxylic acids is 3. The minimum Gasteiger partial charge on any atom is -0.468 e. The van der Waals surface area contributed by atoms with Crippen molar-refractivity contribution in [3.8, 4) is 0 Å². The molecule has 1 heterocycles. The maximum absolute atomic E-state index is 12.8. The molecule has 1 aromatic carbocycles. The van der Waals surface area contributed by atoms with E-state index in [1.54, 1.807) is 0 Å². The Morgan fingerprint density at radius 3 is 2.23 bits per heavy atom. The SMILES string of the molecule is COC(=O)C(Cc1ccccc1)(C(=O)OC)[C@H]1CC(=O)N[C@@H]1OC(C)C. The molecule has 0 unspecified atom stereocenters. The number of esters is 2. The van der Waals surface area contributed by atoms with Crippen molar-refractivity contribution in [2.24, 2.45) is 11.3 Å². The average molecular weight is 363 g/mol. The summed E-state index contributed by atoms with van der Waals surface area (Å²) in [6.45, 7) is 3.63. The molecule has 2 rings (SSSR count). The van der Waals surface area contributed by atoms with Crippen molar-refractivity contribution in [1.29, 1.82) is 0 Å². The molecule has 1 amide bonds. The van der Waals surface area contributed by atoms with E-state index in [0.717, 1.165) is 5.56 Å². The van der Waals surface area contributed by atoms with Gasteiger partial charge < -0.3 is 19.5 Å². The van der Waals surface area contributed by atoms with Gasteiger partial charge in [0.15, 0.2) is 5.41 Å². The predicted molar refractivity (Wildman–Crippen MR) is 92.9 cm³/mol. The molecule has 0 saturated carbocycles. The summed E-state index contributed by atoms with van der Waals surface area (Å²) in [7, 11) is 2.43. The van der Waals surface area contributed by atoms with Crippen LogP contribution in [-0.4, -0.2) is 44.4 Å². The number of amides is 1. The maximum atomic E-state index is 12.8. The summed E-state index contributed by atoms with van der Waals surface area (Å²) in [5, 5.41) is 2.71. The van der Waals surface area contributed by atoms with E-state index in [1.807, 2.05) is 44.2 Å². The van der Waals surface area contributed by atoms with Crippen LogP contribution >= 0.6 is 0 Å². The third kappa shape index (κ3) is 3.88. The topological polar surface area (TPSA) is 90.9 Å². The first-order valence-corrected chi connectivity index (χ1v) is 8.50. The molecule has 0 aromatic heterocycles. The van der Waals surface area contributed by atoms with Crippen LogP contribution in [0.5, 0.6) is 0 Å². The Labute approximate surface area is 153 Å². The second-order valence-corrected chi connectivity index (χ2v) is 6.60. The molecule has 1 aromatic rings. The Balaban J connectivity index is 2.54. The number of carbonyl (C=O) groups is 3. The molecular formula is C19H25NO6. The van der Waals surface area contributed by atoms with E-state index in [2.05, 4.69) is 5.32 Å². The van der Waals surface area contributed by atoms with E-state index in [4.69, 9.17) is 14.2 Å². The fourth-order valence-electron chi connectivity index (χ4n) is 3.42. The predicted octanol–water partition coefficient (Wildman–Crippen LogP) is 1.45. The highest BCUT2D eigenvalue weighted by atomic mass is 16.5. The molecule has 1 N–H and O–H groups in total. The van der Waals surface area contributed by atoms with Crippen LogP contribution in [0.25, 0.3) is 0 Å². The highest BCUT2D eigenvalue weighted by Gasteiger charge is 2.60. The van der Waals surface area contributed by atoms with Crippen molar-refractivity contribution in [2.45, 2.75) is 39.0 Å². The Hall–Kier alpha value is -2.41. The number of methoxy groups -OCH3 is 2. The molecular weight excluding hydrogens is 338 g/mol. The van der Waals surface area contributed by atoms with Crippen molar-refractivity contribution < 1.29 is 28.6 Å². The third-order valence-electron chi connectivity index (χ3n) is 4.55. The van der Waals surface area contributed by atoms with Gasteiger partial charge in [0.2, 0.25) is 5.91 Å². The molecule has 2 atom stereocenters. The lowest BCUT2D eigenvalue weighted by molar-refractivity contribution is -0.179. The summed E-state index contributed by atoms with van der Waals surface area (Å²) in [5.41, 5.74) is -0.935. The molecule has 7 heteroatoms. The first-order chi connectivity index (χ1) is 12.3. The molecule has 1 saturated heterocycles. The zero-order valence-electron chi connectivity index (χ0n) is 15.5. The van der Waals surface area contributed by atoms with E-state index >= 15 is 0 Å². The van der Waals surface area contributed by atoms with Gasteiger partial charge in [0.05, 0.1) is 20.3 Å². The number of ether oxygens (including phenoxy) is 3. The molecule has 0 radical (unpaired) electrons. The fraction of sp³-hybridized carbons (Fsp3) is 0.526. The van der Waals surface area contributed by atoms with Gasteiger partial charge in [-0.1, -0.05) is 30.3 Å². The maximum Gasteiger partial charge on any atom is 0.324 e. The molecule has 142 valence electrons. The largest absolute Gasteiger partial charge is 0.468 e. The normalized spacial score (nSPS) is 20.0. The number of nitrogens with one attached hydrogen (secondary N) is 1.